The van der Waals surface area contributed by atoms with Gasteiger partial charge in [-0.25, -0.2) is 0 Å². The first-order valence-electron chi connectivity index (χ1n) is 8.08. The summed E-state index contributed by atoms with van der Waals surface area (Å²) in [6, 6.07) is 0.639. The first-order chi connectivity index (χ1) is 9.65. The molecular weight excluding hydrogens is 336 g/mol. The summed E-state index contributed by atoms with van der Waals surface area (Å²) in [6.07, 6.45) is 9.67. The number of hydrogen-bond donors (Lipinski definition) is 2. The Morgan fingerprint density at radius 2 is 1.85 bits per heavy atom. The maximum absolute atomic E-state index is 12.6. The molecule has 3 fully saturated rings. The maximum Gasteiger partial charge on any atom is 0.189 e. The lowest BCUT2D eigenvalue weighted by atomic mass is 9.85. The second-order valence-corrected chi connectivity index (χ2v) is 9.33. The lowest BCUT2D eigenvalue weighted by molar-refractivity contribution is -0.922. The molecule has 0 bridgehead atoms. The summed E-state index contributed by atoms with van der Waals surface area (Å²) in [5.74, 6) is 0.776. The van der Waals surface area contributed by atoms with Gasteiger partial charge in [0.1, 0.15) is 12.6 Å². The molecule has 114 valence electrons. The zero-order valence-electron chi connectivity index (χ0n) is 12.0. The molecule has 20 heavy (non-hydrogen) atoms. The molecule has 1 saturated heterocycles. The van der Waals surface area contributed by atoms with Crippen molar-refractivity contribution >= 4 is 33.5 Å². The maximum atomic E-state index is 12.6. The number of carbonyl (C=O) groups is 1. The zero-order chi connectivity index (χ0) is 14.1. The predicted octanol–water partition coefficient (Wildman–Crippen LogP) is 1.69. The van der Waals surface area contributed by atoms with E-state index in [2.05, 4.69) is 15.9 Å². The predicted molar refractivity (Wildman–Crippen MR) is 87.1 cm³/mol. The van der Waals surface area contributed by atoms with E-state index in [0.29, 0.717) is 34.4 Å². The Balaban J connectivity index is 1.57. The average Bonchev–Trinajstić information content (AvgIpc) is 2.76. The number of Topliss-reactive ketones (excluding diaryl/α,β-unsaturated/α-hetero) is 1. The highest BCUT2D eigenvalue weighted by Gasteiger charge is 2.46. The fourth-order valence-corrected chi connectivity index (χ4v) is 6.26. The van der Waals surface area contributed by atoms with Crippen LogP contribution in [0.25, 0.3) is 0 Å². The molecule has 1 aliphatic heterocycles. The number of fused-ring (bicyclic) bond motifs is 1. The minimum Gasteiger partial charge on any atom is -0.302 e. The largest absolute Gasteiger partial charge is 0.302 e. The molecule has 3 rings (SSSR count). The van der Waals surface area contributed by atoms with E-state index in [1.807, 2.05) is 11.8 Å². The van der Waals surface area contributed by atoms with Gasteiger partial charge < -0.3 is 4.90 Å². The zero-order valence-corrected chi connectivity index (χ0v) is 14.4. The van der Waals surface area contributed by atoms with Crippen molar-refractivity contribution in [1.29, 1.82) is 0 Å². The lowest BCUT2D eigenvalue weighted by Crippen LogP contribution is -3.19. The third-order valence-corrected chi connectivity index (χ3v) is 7.78. The van der Waals surface area contributed by atoms with Gasteiger partial charge >= 0.3 is 0 Å². The molecule has 4 unspecified atom stereocenters. The van der Waals surface area contributed by atoms with E-state index in [1.165, 1.54) is 30.6 Å². The van der Waals surface area contributed by atoms with Crippen molar-refractivity contribution in [1.82, 2.24) is 0 Å². The first kappa shape index (κ1) is 15.3. The van der Waals surface area contributed by atoms with Crippen LogP contribution < -0.4 is 10.6 Å². The van der Waals surface area contributed by atoms with Crippen LogP contribution >= 0.6 is 27.7 Å². The molecule has 3 nitrogen and oxygen atoms in total. The number of carbonyl (C=O) groups excluding carboxylic acids is 1. The number of nitrogens with two attached hydrogens (primary N) is 1. The summed E-state index contributed by atoms with van der Waals surface area (Å²) in [5, 5.41) is 0.708. The average molecular weight is 362 g/mol. The molecule has 0 radical (unpaired) electrons. The lowest BCUT2D eigenvalue weighted by Gasteiger charge is -2.30. The Labute approximate surface area is 134 Å². The summed E-state index contributed by atoms with van der Waals surface area (Å²) in [4.78, 5) is 14.6. The van der Waals surface area contributed by atoms with Crippen LogP contribution in [0.3, 0.4) is 0 Å². The van der Waals surface area contributed by atoms with Crippen LogP contribution in [0.5, 0.6) is 0 Å². The van der Waals surface area contributed by atoms with Crippen molar-refractivity contribution in [3.05, 3.63) is 0 Å². The van der Waals surface area contributed by atoms with E-state index in [0.717, 1.165) is 25.7 Å². The summed E-state index contributed by atoms with van der Waals surface area (Å²) in [5.41, 5.74) is 6.43. The van der Waals surface area contributed by atoms with E-state index in [9.17, 15) is 4.79 Å². The Hall–Kier alpha value is 0.420. The van der Waals surface area contributed by atoms with Gasteiger partial charge in [0, 0.05) is 17.2 Å². The number of quaternary nitrogens is 1. The molecule has 4 atom stereocenters. The minimum absolute atomic E-state index is 0.125. The third kappa shape index (κ3) is 3.26. The molecule has 2 saturated carbocycles. The van der Waals surface area contributed by atoms with Crippen LogP contribution in [0, 0.1) is 5.92 Å². The number of halogens is 1. The van der Waals surface area contributed by atoms with Crippen molar-refractivity contribution < 1.29 is 9.69 Å². The number of thioether (sulfide) groups is 1. The van der Waals surface area contributed by atoms with E-state index in [-0.39, 0.29) is 5.50 Å². The van der Waals surface area contributed by atoms with Crippen molar-refractivity contribution in [2.45, 2.75) is 73.0 Å². The normalized spacial score (nSPS) is 45.1. The molecule has 5 heteroatoms. The van der Waals surface area contributed by atoms with Crippen molar-refractivity contribution in [2.24, 2.45) is 11.7 Å². The molecule has 3 aliphatic rings. The van der Waals surface area contributed by atoms with Gasteiger partial charge in [0.25, 0.3) is 0 Å². The number of alkyl halides is 1. The van der Waals surface area contributed by atoms with Crippen LogP contribution in [0.4, 0.5) is 0 Å². The molecule has 1 heterocycles. The highest BCUT2D eigenvalue weighted by Crippen LogP contribution is 2.33. The highest BCUT2D eigenvalue weighted by molar-refractivity contribution is 9.09. The van der Waals surface area contributed by atoms with Crippen molar-refractivity contribution in [3.8, 4) is 0 Å². The monoisotopic (exact) mass is 361 g/mol. The molecule has 0 spiro atoms. The van der Waals surface area contributed by atoms with Crippen LogP contribution in [-0.2, 0) is 4.79 Å². The molecular formula is C15H26BrN2OS+. The molecule has 2 aliphatic carbocycles. The molecule has 3 N–H and O–H groups in total. The van der Waals surface area contributed by atoms with Gasteiger partial charge in [-0.2, -0.15) is 0 Å². The van der Waals surface area contributed by atoms with E-state index < -0.39 is 0 Å². The number of hydrogen-bond acceptors (Lipinski definition) is 3. The Kier molecular flexibility index (Phi) is 5.11. The van der Waals surface area contributed by atoms with E-state index >= 15 is 0 Å². The standard InChI is InChI=1S/C15H25BrN2OS/c16-11-7-5-10(6-8-11)13(19)9-18-12-3-1-2-4-14(12)20-15(18)17/h10-12,14-15H,1-9,17H2/p+1. The minimum atomic E-state index is 0.125. The molecule has 0 aromatic carbocycles. The van der Waals surface area contributed by atoms with Gasteiger partial charge in [-0.3, -0.25) is 10.5 Å². The smallest absolute Gasteiger partial charge is 0.189 e. The van der Waals surface area contributed by atoms with Gasteiger partial charge in [-0.1, -0.05) is 34.1 Å². The first-order valence-corrected chi connectivity index (χ1v) is 9.94. The topological polar surface area (TPSA) is 47.5 Å². The number of rotatable bonds is 3. The summed E-state index contributed by atoms with van der Waals surface area (Å²) < 4.78 is 0. The quantitative estimate of drug-likeness (QED) is 0.752. The van der Waals surface area contributed by atoms with Crippen LogP contribution in [-0.4, -0.2) is 33.9 Å². The Bertz CT molecular complexity index is 360. The second kappa shape index (κ2) is 6.67. The van der Waals surface area contributed by atoms with Gasteiger partial charge in [0.2, 0.25) is 0 Å². The van der Waals surface area contributed by atoms with Gasteiger partial charge in [0.05, 0.1) is 5.25 Å². The molecule has 0 aromatic rings. The van der Waals surface area contributed by atoms with Crippen molar-refractivity contribution in [2.75, 3.05) is 6.54 Å². The summed E-state index contributed by atoms with van der Waals surface area (Å²) >= 11 is 5.60. The van der Waals surface area contributed by atoms with E-state index in [4.69, 9.17) is 5.73 Å². The van der Waals surface area contributed by atoms with Crippen LogP contribution in [0.1, 0.15) is 51.4 Å². The SMILES string of the molecule is NC1SC2CCCCC2[NH+]1CC(=O)C1CCC(Br)CC1. The van der Waals surface area contributed by atoms with Gasteiger partial charge in [-0.15, -0.1) is 0 Å². The summed E-state index contributed by atoms with van der Waals surface area (Å²) in [7, 11) is 0. The highest BCUT2D eigenvalue weighted by atomic mass is 79.9. The molecule has 0 amide bonds. The summed E-state index contributed by atoms with van der Waals surface area (Å²) in [6.45, 7) is 0.674. The Morgan fingerprint density at radius 3 is 2.60 bits per heavy atom. The molecule has 0 aromatic heterocycles. The van der Waals surface area contributed by atoms with E-state index in [1.54, 1.807) is 0 Å². The van der Waals surface area contributed by atoms with Gasteiger partial charge in [-0.05, 0) is 38.5 Å². The number of ketones is 1. The third-order valence-electron chi connectivity index (χ3n) is 5.36. The van der Waals surface area contributed by atoms with Crippen LogP contribution in [0.2, 0.25) is 0 Å². The Morgan fingerprint density at radius 1 is 1.15 bits per heavy atom. The second-order valence-electron chi connectivity index (χ2n) is 6.65. The fourth-order valence-electron chi connectivity index (χ4n) is 4.12. The van der Waals surface area contributed by atoms with Gasteiger partial charge in [0.15, 0.2) is 11.3 Å². The van der Waals surface area contributed by atoms with Crippen LogP contribution in [0.15, 0.2) is 0 Å². The fraction of sp³-hybridized carbons (Fsp3) is 0.933. The number of nitrogens with one attached hydrogen (secondary N) is 1. The van der Waals surface area contributed by atoms with Crippen molar-refractivity contribution in [3.63, 3.8) is 0 Å².